The predicted molar refractivity (Wildman–Crippen MR) is 45.7 cm³/mol. The van der Waals surface area contributed by atoms with E-state index in [0.717, 1.165) is 10.8 Å². The van der Waals surface area contributed by atoms with Crippen molar-refractivity contribution >= 4 is 17.7 Å². The Morgan fingerprint density at radius 2 is 2.20 bits per heavy atom. The van der Waals surface area contributed by atoms with Crippen molar-refractivity contribution < 1.29 is 4.79 Å². The lowest BCUT2D eigenvalue weighted by Crippen LogP contribution is -2.25. The second-order valence-electron chi connectivity index (χ2n) is 1.57. The molecule has 1 heterocycles. The first-order valence-corrected chi connectivity index (χ1v) is 4.39. The maximum absolute atomic E-state index is 10.5. The second-order valence-corrected chi connectivity index (χ2v) is 2.76. The van der Waals surface area contributed by atoms with Gasteiger partial charge in [0, 0.05) is 12.2 Å². The van der Waals surface area contributed by atoms with Crippen LogP contribution in [0.3, 0.4) is 0 Å². The number of hydrogen-bond acceptors (Lipinski definition) is 2. The van der Waals surface area contributed by atoms with E-state index >= 15 is 0 Å². The van der Waals surface area contributed by atoms with Gasteiger partial charge in [0.1, 0.15) is 0 Å². The molecule has 0 unspecified atom stereocenters. The van der Waals surface area contributed by atoms with Gasteiger partial charge in [-0.3, -0.25) is 4.79 Å². The average molecular weight is 159 g/mol. The first-order valence-electron chi connectivity index (χ1n) is 3.40. The summed E-state index contributed by atoms with van der Waals surface area (Å²) < 4.78 is 0. The highest BCUT2D eigenvalue weighted by atomic mass is 32.2. The summed E-state index contributed by atoms with van der Waals surface area (Å²) in [5.41, 5.74) is 0. The molecule has 0 spiro atoms. The summed E-state index contributed by atoms with van der Waals surface area (Å²) in [6, 6.07) is 0. The Morgan fingerprint density at radius 1 is 1.60 bits per heavy atom. The molecule has 1 amide bonds. The summed E-state index contributed by atoms with van der Waals surface area (Å²) >= 11 is 1.60. The van der Waals surface area contributed by atoms with E-state index in [4.69, 9.17) is 0 Å². The number of nitrogens with one attached hydrogen (secondary N) is 1. The van der Waals surface area contributed by atoms with Gasteiger partial charge in [0.15, 0.2) is 0 Å². The molecule has 0 aromatic rings. The quantitative estimate of drug-likeness (QED) is 0.583. The van der Waals surface area contributed by atoms with Crippen LogP contribution in [0.25, 0.3) is 0 Å². The molecule has 1 fully saturated rings. The average Bonchev–Trinajstić information content (AvgIpc) is 1.91. The molecule has 0 aromatic carbocycles. The van der Waals surface area contributed by atoms with Crippen molar-refractivity contribution in [3.8, 4) is 0 Å². The van der Waals surface area contributed by atoms with Gasteiger partial charge in [-0.2, -0.15) is 0 Å². The molecule has 0 aromatic heterocycles. The number of thioether (sulfide) groups is 1. The maximum Gasteiger partial charge on any atom is 0.225 e. The highest BCUT2D eigenvalue weighted by molar-refractivity contribution is 8.03. The standard InChI is InChI=1S/C5H7NOS.C2H6/c1-4-6-5(7)2-3-8-4;1-2/h1-3H2,(H,6,7);1-2H3. The third-order valence-electron chi connectivity index (χ3n) is 0.884. The van der Waals surface area contributed by atoms with Gasteiger partial charge in [-0.05, 0) is 0 Å². The Labute approximate surface area is 66.1 Å². The van der Waals surface area contributed by atoms with Crippen molar-refractivity contribution in [2.24, 2.45) is 0 Å². The van der Waals surface area contributed by atoms with E-state index in [1.54, 1.807) is 11.8 Å². The van der Waals surface area contributed by atoms with Crippen LogP contribution in [0.15, 0.2) is 11.6 Å². The molecular formula is C7H13NOS. The van der Waals surface area contributed by atoms with Crippen molar-refractivity contribution in [2.45, 2.75) is 20.3 Å². The highest BCUT2D eigenvalue weighted by Crippen LogP contribution is 2.15. The van der Waals surface area contributed by atoms with Crippen LogP contribution < -0.4 is 5.32 Å². The van der Waals surface area contributed by atoms with Crippen LogP contribution in [0, 0.1) is 0 Å². The molecular weight excluding hydrogens is 146 g/mol. The molecule has 0 aliphatic carbocycles. The van der Waals surface area contributed by atoms with E-state index in [0.29, 0.717) is 6.42 Å². The van der Waals surface area contributed by atoms with Gasteiger partial charge in [0.2, 0.25) is 5.91 Å². The van der Waals surface area contributed by atoms with Crippen LogP contribution in [-0.4, -0.2) is 11.7 Å². The smallest absolute Gasteiger partial charge is 0.225 e. The number of hydrogen-bond donors (Lipinski definition) is 1. The Kier molecular flexibility index (Phi) is 5.12. The minimum Gasteiger partial charge on any atom is -0.321 e. The van der Waals surface area contributed by atoms with Crippen molar-refractivity contribution in [2.75, 3.05) is 5.75 Å². The van der Waals surface area contributed by atoms with Crippen molar-refractivity contribution in [1.29, 1.82) is 0 Å². The molecule has 0 atom stereocenters. The van der Waals surface area contributed by atoms with Crippen molar-refractivity contribution in [1.82, 2.24) is 5.32 Å². The molecule has 3 heteroatoms. The first-order chi connectivity index (χ1) is 4.79. The lowest BCUT2D eigenvalue weighted by molar-refractivity contribution is -0.119. The Morgan fingerprint density at radius 3 is 2.50 bits per heavy atom. The zero-order valence-corrected chi connectivity index (χ0v) is 7.25. The topological polar surface area (TPSA) is 29.1 Å². The fourth-order valence-electron chi connectivity index (χ4n) is 0.521. The molecule has 1 aliphatic rings. The zero-order valence-electron chi connectivity index (χ0n) is 6.44. The van der Waals surface area contributed by atoms with Gasteiger partial charge < -0.3 is 5.32 Å². The SMILES string of the molecule is C=C1NC(=O)CCS1.CC. The van der Waals surface area contributed by atoms with E-state index in [-0.39, 0.29) is 5.91 Å². The highest BCUT2D eigenvalue weighted by Gasteiger charge is 2.08. The number of amides is 1. The maximum atomic E-state index is 10.5. The Hall–Kier alpha value is -0.440. The van der Waals surface area contributed by atoms with Crippen LogP contribution in [-0.2, 0) is 4.79 Å². The lowest BCUT2D eigenvalue weighted by atomic mass is 10.4. The summed E-state index contributed by atoms with van der Waals surface area (Å²) in [5.74, 6) is 0.971. The van der Waals surface area contributed by atoms with Gasteiger partial charge in [0.05, 0.1) is 5.03 Å². The predicted octanol–water partition coefficient (Wildman–Crippen LogP) is 1.74. The molecule has 10 heavy (non-hydrogen) atoms. The lowest BCUT2D eigenvalue weighted by Gasteiger charge is -2.11. The van der Waals surface area contributed by atoms with Crippen molar-refractivity contribution in [3.05, 3.63) is 11.6 Å². The van der Waals surface area contributed by atoms with Crippen LogP contribution in [0.1, 0.15) is 20.3 Å². The summed E-state index contributed by atoms with van der Waals surface area (Å²) in [4.78, 5) is 10.5. The van der Waals surface area contributed by atoms with Gasteiger partial charge in [-0.25, -0.2) is 0 Å². The summed E-state index contributed by atoms with van der Waals surface area (Å²) in [6.07, 6.45) is 0.629. The van der Waals surface area contributed by atoms with Gasteiger partial charge >= 0.3 is 0 Å². The monoisotopic (exact) mass is 159 g/mol. The van der Waals surface area contributed by atoms with Gasteiger partial charge in [-0.1, -0.05) is 20.4 Å². The molecule has 1 rings (SSSR count). The molecule has 1 aliphatic heterocycles. The van der Waals surface area contributed by atoms with E-state index in [2.05, 4.69) is 11.9 Å². The van der Waals surface area contributed by atoms with E-state index < -0.39 is 0 Å². The third kappa shape index (κ3) is 3.56. The second kappa shape index (κ2) is 5.35. The fourth-order valence-corrected chi connectivity index (χ4v) is 1.24. The molecule has 58 valence electrons. The molecule has 0 bridgehead atoms. The van der Waals surface area contributed by atoms with Crippen LogP contribution in [0.2, 0.25) is 0 Å². The van der Waals surface area contributed by atoms with E-state index in [9.17, 15) is 4.79 Å². The summed E-state index contributed by atoms with van der Waals surface area (Å²) in [7, 11) is 0. The molecule has 2 nitrogen and oxygen atoms in total. The fraction of sp³-hybridized carbons (Fsp3) is 0.571. The minimum atomic E-state index is 0.0914. The molecule has 1 saturated heterocycles. The summed E-state index contributed by atoms with van der Waals surface area (Å²) in [5, 5.41) is 3.39. The third-order valence-corrected chi connectivity index (χ3v) is 1.74. The summed E-state index contributed by atoms with van der Waals surface area (Å²) in [6.45, 7) is 7.60. The van der Waals surface area contributed by atoms with Gasteiger partial charge in [0.25, 0.3) is 0 Å². The zero-order chi connectivity index (χ0) is 7.98. The Bertz CT molecular complexity index is 120. The molecule has 0 saturated carbocycles. The largest absolute Gasteiger partial charge is 0.321 e. The number of carbonyl (C=O) groups is 1. The van der Waals surface area contributed by atoms with Crippen molar-refractivity contribution in [3.63, 3.8) is 0 Å². The van der Waals surface area contributed by atoms with Crippen LogP contribution in [0.4, 0.5) is 0 Å². The molecule has 0 radical (unpaired) electrons. The number of rotatable bonds is 0. The minimum absolute atomic E-state index is 0.0914. The van der Waals surface area contributed by atoms with Gasteiger partial charge in [-0.15, -0.1) is 11.8 Å². The van der Waals surface area contributed by atoms with Crippen LogP contribution >= 0.6 is 11.8 Å². The normalized spacial score (nSPS) is 17.0. The number of carbonyl (C=O) groups excluding carboxylic acids is 1. The van der Waals surface area contributed by atoms with E-state index in [1.165, 1.54) is 0 Å². The van der Waals surface area contributed by atoms with E-state index in [1.807, 2.05) is 13.8 Å². The molecule has 1 N–H and O–H groups in total. The first kappa shape index (κ1) is 9.56. The Balaban J connectivity index is 0.000000371. The van der Waals surface area contributed by atoms with Crippen LogP contribution in [0.5, 0.6) is 0 Å².